The lowest BCUT2D eigenvalue weighted by atomic mass is 9.95. The monoisotopic (exact) mass is 856 g/mol. The standard InChI is InChI=1S/C45H60N8O7S/c1-7-30(3)40(49-44(57)60-6)42(55)50-52(25-33-17-19-34(20-18-33)36-16-12-13-21-46-36)27-38(54)37(24-32-14-10-9-11-15-32)48-43(56)41(31(4)8-2)53-23-22-51(45(53)58)26-35-29-61-39(47-35)28-59-5/h9-21,29-31,37-38,40-41,54H,7-8,22-28H2,1-6H3,(H,48,56)(H,49,57)(H,50,55). The van der Waals surface area contributed by atoms with Crippen LogP contribution in [0.25, 0.3) is 11.3 Å². The Morgan fingerprint density at radius 2 is 1.62 bits per heavy atom. The van der Waals surface area contributed by atoms with Crippen LogP contribution >= 0.6 is 11.3 Å². The second-order valence-electron chi connectivity index (χ2n) is 15.5. The minimum Gasteiger partial charge on any atom is -0.453 e. The number of hydrogen-bond acceptors (Lipinski definition) is 11. The lowest BCUT2D eigenvalue weighted by Gasteiger charge is -2.35. The first-order valence-electron chi connectivity index (χ1n) is 20.8. The van der Waals surface area contributed by atoms with Crippen molar-refractivity contribution in [2.75, 3.05) is 33.9 Å². The summed E-state index contributed by atoms with van der Waals surface area (Å²) in [5.74, 6) is -1.30. The summed E-state index contributed by atoms with van der Waals surface area (Å²) in [7, 11) is 2.85. The summed E-state index contributed by atoms with van der Waals surface area (Å²) in [5, 5.41) is 22.3. The van der Waals surface area contributed by atoms with Gasteiger partial charge in [0.1, 0.15) is 17.1 Å². The molecule has 4 N–H and O–H groups in total. The maximum absolute atomic E-state index is 14.6. The first kappa shape index (κ1) is 46.6. The molecule has 4 aromatic rings. The van der Waals surface area contributed by atoms with Crippen molar-refractivity contribution < 1.29 is 33.8 Å². The Balaban J connectivity index is 1.40. The van der Waals surface area contributed by atoms with Crippen molar-refractivity contribution in [1.29, 1.82) is 0 Å². The molecule has 5 rings (SSSR count). The van der Waals surface area contributed by atoms with Gasteiger partial charge in [0.25, 0.3) is 5.91 Å². The third kappa shape index (κ3) is 13.0. The number of hydrazine groups is 1. The SMILES string of the molecule is CCC(C)C(NC(=O)OC)C(=O)NN(Cc1ccc(-c2ccccn2)cc1)CC(O)C(Cc1ccccc1)NC(=O)C(C(C)CC)N1CCN(Cc2csc(COC)n2)C1=O. The normalized spacial score (nSPS) is 15.8. The molecular weight excluding hydrogens is 797 g/mol. The summed E-state index contributed by atoms with van der Waals surface area (Å²) >= 11 is 1.48. The zero-order valence-corrected chi connectivity index (χ0v) is 36.8. The van der Waals surface area contributed by atoms with Gasteiger partial charge in [0.05, 0.1) is 43.8 Å². The number of carbonyl (C=O) groups is 4. The van der Waals surface area contributed by atoms with Crippen LogP contribution in [-0.2, 0) is 45.2 Å². The molecule has 3 heterocycles. The highest BCUT2D eigenvalue weighted by molar-refractivity contribution is 7.09. The fourth-order valence-electron chi connectivity index (χ4n) is 7.31. The van der Waals surface area contributed by atoms with Gasteiger partial charge in [-0.3, -0.25) is 20.0 Å². The minimum atomic E-state index is -1.21. The van der Waals surface area contributed by atoms with Crippen LogP contribution in [0.2, 0.25) is 0 Å². The molecule has 5 amide bonds. The Morgan fingerprint density at radius 3 is 2.28 bits per heavy atom. The highest BCUT2D eigenvalue weighted by Gasteiger charge is 2.41. The van der Waals surface area contributed by atoms with Gasteiger partial charge in [0.15, 0.2) is 0 Å². The minimum absolute atomic E-state index is 0.0971. The van der Waals surface area contributed by atoms with E-state index in [0.717, 1.165) is 33.1 Å². The van der Waals surface area contributed by atoms with Gasteiger partial charge in [-0.15, -0.1) is 11.3 Å². The van der Waals surface area contributed by atoms with Crippen LogP contribution in [0.15, 0.2) is 84.4 Å². The molecule has 0 saturated carbocycles. The number of amides is 5. The van der Waals surface area contributed by atoms with Crippen molar-refractivity contribution in [1.82, 2.24) is 40.8 Å². The second kappa shape index (κ2) is 23.0. The maximum Gasteiger partial charge on any atom is 0.407 e. The van der Waals surface area contributed by atoms with Gasteiger partial charge in [0.2, 0.25) is 5.91 Å². The topological polar surface area (TPSA) is 179 Å². The van der Waals surface area contributed by atoms with Crippen molar-refractivity contribution in [3.05, 3.63) is 106 Å². The molecule has 6 atom stereocenters. The lowest BCUT2D eigenvalue weighted by Crippen LogP contribution is -2.59. The van der Waals surface area contributed by atoms with E-state index in [9.17, 15) is 24.3 Å². The average Bonchev–Trinajstić information content (AvgIpc) is 3.87. The lowest BCUT2D eigenvalue weighted by molar-refractivity contribution is -0.132. The number of carbonyl (C=O) groups excluding carboxylic acids is 4. The molecule has 16 heteroatoms. The summed E-state index contributed by atoms with van der Waals surface area (Å²) in [6, 6.07) is 20.2. The number of thiazole rings is 1. The van der Waals surface area contributed by atoms with E-state index in [4.69, 9.17) is 9.47 Å². The van der Waals surface area contributed by atoms with Gasteiger partial charge in [-0.2, -0.15) is 0 Å². The van der Waals surface area contributed by atoms with Crippen molar-refractivity contribution >= 4 is 35.3 Å². The summed E-state index contributed by atoms with van der Waals surface area (Å²) < 4.78 is 10.0. The number of aliphatic hydroxyl groups is 1. The number of aromatic nitrogens is 2. The van der Waals surface area contributed by atoms with Crippen molar-refractivity contribution in [3.8, 4) is 11.3 Å². The van der Waals surface area contributed by atoms with Crippen LogP contribution < -0.4 is 16.1 Å². The second-order valence-corrected chi connectivity index (χ2v) is 16.5. The first-order valence-corrected chi connectivity index (χ1v) is 21.7. The Hall–Kier alpha value is -5.42. The van der Waals surface area contributed by atoms with Crippen LogP contribution in [0.4, 0.5) is 9.59 Å². The molecule has 61 heavy (non-hydrogen) atoms. The van der Waals surface area contributed by atoms with E-state index in [1.54, 1.807) is 28.1 Å². The van der Waals surface area contributed by atoms with Crippen LogP contribution in [0, 0.1) is 11.8 Å². The number of alkyl carbamates (subject to hydrolysis) is 1. The highest BCUT2D eigenvalue weighted by atomic mass is 32.1. The van der Waals surface area contributed by atoms with Gasteiger partial charge >= 0.3 is 12.1 Å². The Morgan fingerprint density at radius 1 is 0.902 bits per heavy atom. The Bertz CT molecular complexity index is 2000. The van der Waals surface area contributed by atoms with Gasteiger partial charge in [-0.1, -0.05) is 101 Å². The van der Waals surface area contributed by atoms with Gasteiger partial charge in [0, 0.05) is 50.4 Å². The van der Waals surface area contributed by atoms with E-state index in [1.165, 1.54) is 18.4 Å². The highest BCUT2D eigenvalue weighted by Crippen LogP contribution is 2.24. The number of nitrogens with zero attached hydrogens (tertiary/aromatic N) is 5. The molecule has 0 aliphatic carbocycles. The Kier molecular flexibility index (Phi) is 17.6. The molecule has 1 aliphatic heterocycles. The third-order valence-corrected chi connectivity index (χ3v) is 12.0. The van der Waals surface area contributed by atoms with Crippen LogP contribution in [0.3, 0.4) is 0 Å². The predicted molar refractivity (Wildman–Crippen MR) is 234 cm³/mol. The molecule has 1 saturated heterocycles. The van der Waals surface area contributed by atoms with E-state index in [2.05, 4.69) is 26.0 Å². The third-order valence-electron chi connectivity index (χ3n) is 11.1. The van der Waals surface area contributed by atoms with Crippen molar-refractivity contribution in [3.63, 3.8) is 0 Å². The summed E-state index contributed by atoms with van der Waals surface area (Å²) in [6.07, 6.45) is 1.29. The number of methoxy groups -OCH3 is 2. The zero-order chi connectivity index (χ0) is 43.9. The summed E-state index contributed by atoms with van der Waals surface area (Å²) in [4.78, 5) is 67.2. The molecule has 1 aliphatic rings. The van der Waals surface area contributed by atoms with E-state index in [0.29, 0.717) is 39.1 Å². The molecule has 2 aromatic carbocycles. The number of nitrogens with one attached hydrogen (secondary N) is 3. The fraction of sp³-hybridized carbons (Fsp3) is 0.467. The summed E-state index contributed by atoms with van der Waals surface area (Å²) in [5.41, 5.74) is 7.17. The van der Waals surface area contributed by atoms with E-state index in [1.807, 2.05) is 106 Å². The number of rotatable bonds is 22. The summed E-state index contributed by atoms with van der Waals surface area (Å²) in [6.45, 7) is 9.31. The molecule has 6 unspecified atom stereocenters. The number of hydrogen-bond donors (Lipinski definition) is 4. The molecule has 0 spiro atoms. The van der Waals surface area contributed by atoms with Crippen molar-refractivity contribution in [2.24, 2.45) is 11.8 Å². The van der Waals surface area contributed by atoms with E-state index >= 15 is 0 Å². The number of benzene rings is 2. The molecule has 0 bridgehead atoms. The molecule has 0 radical (unpaired) electrons. The largest absolute Gasteiger partial charge is 0.453 e. The van der Waals surface area contributed by atoms with Crippen LogP contribution in [-0.4, -0.2) is 112 Å². The smallest absolute Gasteiger partial charge is 0.407 e. The average molecular weight is 857 g/mol. The predicted octanol–water partition coefficient (Wildman–Crippen LogP) is 5.40. The number of pyridine rings is 1. The quantitative estimate of drug-likeness (QED) is 0.0749. The number of ether oxygens (including phenoxy) is 2. The maximum atomic E-state index is 14.6. The van der Waals surface area contributed by atoms with E-state index in [-0.39, 0.29) is 43.3 Å². The molecular formula is C45H60N8O7S. The molecule has 328 valence electrons. The molecule has 15 nitrogen and oxygen atoms in total. The first-order chi connectivity index (χ1) is 29.4. The van der Waals surface area contributed by atoms with Gasteiger partial charge in [-0.25, -0.2) is 19.6 Å². The molecule has 1 fully saturated rings. The molecule has 2 aromatic heterocycles. The fourth-order valence-corrected chi connectivity index (χ4v) is 8.07. The van der Waals surface area contributed by atoms with Gasteiger partial charge < -0.3 is 35.0 Å². The Labute approximate surface area is 362 Å². The van der Waals surface area contributed by atoms with Gasteiger partial charge in [-0.05, 0) is 41.5 Å². The van der Waals surface area contributed by atoms with Crippen molar-refractivity contribution in [2.45, 2.75) is 90.9 Å². The van der Waals surface area contributed by atoms with Crippen LogP contribution in [0.1, 0.15) is 62.4 Å². The number of urea groups is 1. The zero-order valence-electron chi connectivity index (χ0n) is 36.0. The van der Waals surface area contributed by atoms with Crippen LogP contribution in [0.5, 0.6) is 0 Å². The number of aliphatic hydroxyl groups excluding tert-OH is 1. The van der Waals surface area contributed by atoms with E-state index < -0.39 is 36.2 Å².